The molecule has 0 bridgehead atoms. The third kappa shape index (κ3) is 4.83. The summed E-state index contributed by atoms with van der Waals surface area (Å²) in [5, 5.41) is 7.00. The van der Waals surface area contributed by atoms with Crippen LogP contribution in [-0.2, 0) is 9.53 Å². The third-order valence-electron chi connectivity index (χ3n) is 2.50. The van der Waals surface area contributed by atoms with Gasteiger partial charge in [0.2, 0.25) is 0 Å². The Morgan fingerprint density at radius 2 is 1.80 bits per heavy atom. The lowest BCUT2D eigenvalue weighted by atomic mass is 10.0. The maximum atomic E-state index is 11.1. The van der Waals surface area contributed by atoms with Crippen LogP contribution in [-0.4, -0.2) is 44.6 Å². The number of methoxy groups -OCH3 is 1. The lowest BCUT2D eigenvalue weighted by Gasteiger charge is -2.18. The summed E-state index contributed by atoms with van der Waals surface area (Å²) in [5.74, 6) is 0.484. The molecule has 1 N–H and O–H groups in total. The first-order chi connectivity index (χ1) is 9.51. The van der Waals surface area contributed by atoms with E-state index < -0.39 is 0 Å². The zero-order chi connectivity index (χ0) is 15.7. The molecule has 0 atom stereocenters. The first-order valence-electron chi connectivity index (χ1n) is 5.82. The molecule has 0 heterocycles. The summed E-state index contributed by atoms with van der Waals surface area (Å²) in [7, 11) is 6.11. The van der Waals surface area contributed by atoms with E-state index >= 15 is 0 Å². The molecule has 0 aliphatic carbocycles. The molecule has 0 aromatic heterocycles. The minimum atomic E-state index is 0.463. The number of halogens is 1. The van der Waals surface area contributed by atoms with E-state index in [1.807, 2.05) is 24.3 Å². The maximum absolute atomic E-state index is 11.1. The summed E-state index contributed by atoms with van der Waals surface area (Å²) < 4.78 is 6.30. The van der Waals surface area contributed by atoms with Gasteiger partial charge < -0.3 is 14.7 Å². The number of aliphatic hydroxyl groups excluding tert-OH is 1. The van der Waals surface area contributed by atoms with Gasteiger partial charge in [-0.25, -0.2) is 0 Å². The minimum absolute atomic E-state index is 0.463. The van der Waals surface area contributed by atoms with E-state index in [9.17, 15) is 4.79 Å². The van der Waals surface area contributed by atoms with Gasteiger partial charge in [0.1, 0.15) is 5.70 Å². The Hall–Kier alpha value is -1.59. The number of likely N-dealkylation sites (N-methyl/N-ethyl adjacent to an activating group) is 1. The smallest absolute Gasteiger partial charge is 0.169 e. The normalized spacial score (nSPS) is 10.7. The van der Waals surface area contributed by atoms with E-state index in [-0.39, 0.29) is 0 Å². The fourth-order valence-corrected chi connectivity index (χ4v) is 1.79. The fraction of sp³-hybridized carbons (Fsp3) is 0.267. The number of aliphatic hydroxyl groups is 1. The summed E-state index contributed by atoms with van der Waals surface area (Å²) in [5.41, 5.74) is 2.06. The lowest BCUT2D eigenvalue weighted by molar-refractivity contribution is -0.106. The second-order valence-electron chi connectivity index (χ2n) is 3.92. The van der Waals surface area contributed by atoms with Crippen LogP contribution in [0.1, 0.15) is 5.56 Å². The van der Waals surface area contributed by atoms with Crippen molar-refractivity contribution in [2.75, 3.05) is 28.3 Å². The number of ether oxygens (including phenoxy) is 1. The second kappa shape index (κ2) is 9.34. The number of hydrogen-bond donors (Lipinski definition) is 1. The first kappa shape index (κ1) is 18.4. The van der Waals surface area contributed by atoms with Gasteiger partial charge in [0.25, 0.3) is 0 Å². The van der Waals surface area contributed by atoms with Crippen molar-refractivity contribution in [2.45, 2.75) is 0 Å². The Bertz CT molecular complexity index is 478. The van der Waals surface area contributed by atoms with Crippen molar-refractivity contribution in [3.63, 3.8) is 0 Å². The van der Waals surface area contributed by atoms with E-state index in [1.165, 1.54) is 7.11 Å². The maximum Gasteiger partial charge on any atom is 0.169 e. The van der Waals surface area contributed by atoms with Gasteiger partial charge in [0.05, 0.1) is 7.11 Å². The van der Waals surface area contributed by atoms with Crippen LogP contribution < -0.4 is 0 Å². The fourth-order valence-electron chi connectivity index (χ4n) is 1.53. The van der Waals surface area contributed by atoms with E-state index in [0.717, 1.165) is 23.4 Å². The SMILES string of the molecule is C=C(/C(OC)=C(/C=O)N(C)C)c1ccc(Br)cc1.CO. The summed E-state index contributed by atoms with van der Waals surface area (Å²) in [6.45, 7) is 3.99. The summed E-state index contributed by atoms with van der Waals surface area (Å²) in [6.07, 6.45) is 0.767. The molecule has 0 spiro atoms. The summed E-state index contributed by atoms with van der Waals surface area (Å²) >= 11 is 3.38. The molecule has 1 aromatic carbocycles. The third-order valence-corrected chi connectivity index (χ3v) is 3.03. The molecule has 0 aliphatic heterocycles. The predicted molar refractivity (Wildman–Crippen MR) is 85.1 cm³/mol. The van der Waals surface area contributed by atoms with Crippen LogP contribution in [0.3, 0.4) is 0 Å². The average Bonchev–Trinajstić information content (AvgIpc) is 2.46. The molecule has 0 aliphatic rings. The molecular formula is C15H20BrNO3. The Morgan fingerprint density at radius 1 is 1.30 bits per heavy atom. The Morgan fingerprint density at radius 3 is 2.15 bits per heavy atom. The zero-order valence-corrected chi connectivity index (χ0v) is 13.8. The van der Waals surface area contributed by atoms with Crippen molar-refractivity contribution in [3.05, 3.63) is 52.3 Å². The van der Waals surface area contributed by atoms with Crippen LogP contribution >= 0.6 is 15.9 Å². The molecule has 0 fully saturated rings. The molecule has 0 radical (unpaired) electrons. The number of nitrogens with zero attached hydrogens (tertiary/aromatic N) is 1. The molecule has 0 unspecified atom stereocenters. The molecule has 0 amide bonds. The summed E-state index contributed by atoms with van der Waals surface area (Å²) in [4.78, 5) is 12.8. The predicted octanol–water partition coefficient (Wildman–Crippen LogP) is 2.69. The van der Waals surface area contributed by atoms with Crippen molar-refractivity contribution in [1.29, 1.82) is 0 Å². The van der Waals surface area contributed by atoms with Gasteiger partial charge in [-0.3, -0.25) is 4.79 Å². The van der Waals surface area contributed by atoms with Gasteiger partial charge >= 0.3 is 0 Å². The van der Waals surface area contributed by atoms with Crippen molar-refractivity contribution < 1.29 is 14.6 Å². The van der Waals surface area contributed by atoms with Crippen molar-refractivity contribution in [2.24, 2.45) is 0 Å². The zero-order valence-electron chi connectivity index (χ0n) is 12.2. The largest absolute Gasteiger partial charge is 0.494 e. The molecule has 0 saturated heterocycles. The molecule has 1 rings (SSSR count). The number of allylic oxidation sites excluding steroid dienone is 2. The van der Waals surface area contributed by atoms with E-state index in [2.05, 4.69) is 22.5 Å². The van der Waals surface area contributed by atoms with Crippen LogP contribution in [0.2, 0.25) is 0 Å². The van der Waals surface area contributed by atoms with Crippen LogP contribution in [0.25, 0.3) is 5.57 Å². The van der Waals surface area contributed by atoms with E-state index in [4.69, 9.17) is 9.84 Å². The average molecular weight is 342 g/mol. The number of rotatable bonds is 5. The molecule has 20 heavy (non-hydrogen) atoms. The van der Waals surface area contributed by atoms with Gasteiger partial charge in [-0.05, 0) is 17.7 Å². The number of hydrogen-bond acceptors (Lipinski definition) is 4. The Labute approximate surface area is 128 Å². The summed E-state index contributed by atoms with van der Waals surface area (Å²) in [6, 6.07) is 7.68. The number of benzene rings is 1. The highest BCUT2D eigenvalue weighted by Gasteiger charge is 2.14. The van der Waals surface area contributed by atoms with Crippen LogP contribution in [0.4, 0.5) is 0 Å². The van der Waals surface area contributed by atoms with Gasteiger partial charge in [-0.2, -0.15) is 0 Å². The van der Waals surface area contributed by atoms with Crippen molar-refractivity contribution in [1.82, 2.24) is 4.90 Å². The van der Waals surface area contributed by atoms with Gasteiger partial charge in [-0.1, -0.05) is 34.6 Å². The highest BCUT2D eigenvalue weighted by molar-refractivity contribution is 9.10. The number of carbonyl (C=O) groups excluding carboxylic acids is 1. The second-order valence-corrected chi connectivity index (χ2v) is 4.83. The van der Waals surface area contributed by atoms with Gasteiger partial charge in [0, 0.05) is 31.3 Å². The quantitative estimate of drug-likeness (QED) is 0.387. The monoisotopic (exact) mass is 341 g/mol. The van der Waals surface area contributed by atoms with Gasteiger partial charge in [0.15, 0.2) is 12.0 Å². The molecule has 0 saturated carbocycles. The topological polar surface area (TPSA) is 49.8 Å². The molecule has 4 nitrogen and oxygen atoms in total. The van der Waals surface area contributed by atoms with Crippen LogP contribution in [0.5, 0.6) is 0 Å². The highest BCUT2D eigenvalue weighted by atomic mass is 79.9. The number of carbonyl (C=O) groups is 1. The lowest BCUT2D eigenvalue weighted by Crippen LogP contribution is -2.16. The Kier molecular flexibility index (Phi) is 8.59. The highest BCUT2D eigenvalue weighted by Crippen LogP contribution is 2.25. The Balaban J connectivity index is 0.00000172. The van der Waals surface area contributed by atoms with E-state index in [0.29, 0.717) is 17.0 Å². The van der Waals surface area contributed by atoms with Crippen molar-refractivity contribution >= 4 is 27.8 Å². The van der Waals surface area contributed by atoms with Crippen molar-refractivity contribution in [3.8, 4) is 0 Å². The molecular weight excluding hydrogens is 322 g/mol. The van der Waals surface area contributed by atoms with E-state index in [1.54, 1.807) is 19.0 Å². The minimum Gasteiger partial charge on any atom is -0.494 e. The first-order valence-corrected chi connectivity index (χ1v) is 6.61. The molecule has 5 heteroatoms. The number of aldehydes is 1. The molecule has 1 aromatic rings. The standard InChI is InChI=1S/C14H16BrNO2.CH4O/c1-10(11-5-7-12(15)8-6-11)14(18-4)13(9-17)16(2)3;1-2/h5-9H,1H2,2-4H3;2H,1H3/b14-13+;. The van der Waals surface area contributed by atoms with Crippen LogP contribution in [0, 0.1) is 0 Å². The molecule has 110 valence electrons. The van der Waals surface area contributed by atoms with Crippen LogP contribution in [0.15, 0.2) is 46.8 Å². The van der Waals surface area contributed by atoms with Gasteiger partial charge in [-0.15, -0.1) is 0 Å².